The highest BCUT2D eigenvalue weighted by Gasteiger charge is 2.10. The molecule has 0 fully saturated rings. The predicted octanol–water partition coefficient (Wildman–Crippen LogP) is 3.23. The summed E-state index contributed by atoms with van der Waals surface area (Å²) in [6, 6.07) is 15.4. The van der Waals surface area contributed by atoms with Gasteiger partial charge in [-0.3, -0.25) is 4.79 Å². The van der Waals surface area contributed by atoms with E-state index in [4.69, 9.17) is 5.73 Å². The van der Waals surface area contributed by atoms with E-state index in [2.05, 4.69) is 15.9 Å². The summed E-state index contributed by atoms with van der Waals surface area (Å²) in [6.45, 7) is 0.593. The molecule has 0 bridgehead atoms. The molecule has 1 amide bonds. The van der Waals surface area contributed by atoms with Crippen LogP contribution >= 0.6 is 15.9 Å². The van der Waals surface area contributed by atoms with Crippen molar-refractivity contribution in [3.63, 3.8) is 0 Å². The highest BCUT2D eigenvalue weighted by molar-refractivity contribution is 9.10. The Morgan fingerprint density at radius 2 is 1.60 bits per heavy atom. The first kappa shape index (κ1) is 14.6. The van der Waals surface area contributed by atoms with E-state index in [0.29, 0.717) is 13.0 Å². The zero-order valence-corrected chi connectivity index (χ0v) is 12.9. The zero-order chi connectivity index (χ0) is 14.5. The summed E-state index contributed by atoms with van der Waals surface area (Å²) in [7, 11) is 1.82. The van der Waals surface area contributed by atoms with Crippen LogP contribution in [-0.4, -0.2) is 17.9 Å². The number of likely N-dealkylation sites (N-methyl/N-ethyl adjacent to an activating group) is 1. The number of halogens is 1. The number of amides is 1. The van der Waals surface area contributed by atoms with Crippen molar-refractivity contribution >= 4 is 27.5 Å². The fraction of sp³-hybridized carbons (Fsp3) is 0.188. The number of nitrogens with zero attached hydrogens (tertiary/aromatic N) is 1. The first-order valence-corrected chi connectivity index (χ1v) is 7.17. The summed E-state index contributed by atoms with van der Waals surface area (Å²) in [5.41, 5.74) is 8.47. The number of nitrogen functional groups attached to an aromatic ring is 1. The van der Waals surface area contributed by atoms with E-state index in [1.165, 1.54) is 0 Å². The van der Waals surface area contributed by atoms with Crippen molar-refractivity contribution in [2.75, 3.05) is 12.8 Å². The van der Waals surface area contributed by atoms with Crippen molar-refractivity contribution in [3.05, 3.63) is 64.1 Å². The summed E-state index contributed by atoms with van der Waals surface area (Å²) in [5, 5.41) is 0. The Morgan fingerprint density at radius 1 is 1.05 bits per heavy atom. The lowest BCUT2D eigenvalue weighted by Gasteiger charge is -2.17. The number of benzene rings is 2. The highest BCUT2D eigenvalue weighted by Crippen LogP contribution is 2.12. The normalized spacial score (nSPS) is 10.3. The third-order valence-corrected chi connectivity index (χ3v) is 3.62. The minimum atomic E-state index is 0.101. The average molecular weight is 333 g/mol. The van der Waals surface area contributed by atoms with Gasteiger partial charge in [0, 0.05) is 23.8 Å². The van der Waals surface area contributed by atoms with Crippen molar-refractivity contribution < 1.29 is 4.79 Å². The number of carbonyl (C=O) groups is 1. The molecule has 2 N–H and O–H groups in total. The largest absolute Gasteiger partial charge is 0.399 e. The van der Waals surface area contributed by atoms with Gasteiger partial charge in [0.2, 0.25) is 5.91 Å². The average Bonchev–Trinajstić information content (AvgIpc) is 2.44. The van der Waals surface area contributed by atoms with E-state index in [1.807, 2.05) is 55.6 Å². The molecule has 0 aliphatic heterocycles. The molecule has 20 heavy (non-hydrogen) atoms. The maximum absolute atomic E-state index is 12.2. The van der Waals surface area contributed by atoms with Crippen LogP contribution in [0.4, 0.5) is 5.69 Å². The van der Waals surface area contributed by atoms with Crippen LogP contribution in [-0.2, 0) is 17.8 Å². The minimum Gasteiger partial charge on any atom is -0.399 e. The maximum Gasteiger partial charge on any atom is 0.227 e. The molecule has 3 nitrogen and oxygen atoms in total. The fourth-order valence-corrected chi connectivity index (χ4v) is 2.16. The van der Waals surface area contributed by atoms with E-state index >= 15 is 0 Å². The van der Waals surface area contributed by atoms with Crippen LogP contribution in [0.2, 0.25) is 0 Å². The van der Waals surface area contributed by atoms with Crippen LogP contribution in [0.1, 0.15) is 11.1 Å². The van der Waals surface area contributed by atoms with Gasteiger partial charge in [-0.25, -0.2) is 0 Å². The molecule has 2 aromatic rings. The first-order valence-electron chi connectivity index (χ1n) is 6.37. The lowest BCUT2D eigenvalue weighted by atomic mass is 10.1. The molecule has 0 heterocycles. The molecule has 0 saturated carbocycles. The standard InChI is InChI=1S/C16H17BrN2O/c1-19(11-13-4-8-15(18)9-5-13)16(20)10-12-2-6-14(17)7-3-12/h2-9H,10-11,18H2,1H3. The number of nitrogens with two attached hydrogens (primary N) is 1. The fourth-order valence-electron chi connectivity index (χ4n) is 1.90. The summed E-state index contributed by atoms with van der Waals surface area (Å²) < 4.78 is 1.02. The van der Waals surface area contributed by atoms with Crippen molar-refractivity contribution in [1.82, 2.24) is 4.90 Å². The lowest BCUT2D eigenvalue weighted by molar-refractivity contribution is -0.129. The predicted molar refractivity (Wildman–Crippen MR) is 85.2 cm³/mol. The van der Waals surface area contributed by atoms with Crippen LogP contribution in [0.3, 0.4) is 0 Å². The highest BCUT2D eigenvalue weighted by atomic mass is 79.9. The summed E-state index contributed by atoms with van der Waals surface area (Å²) >= 11 is 3.39. The molecule has 0 radical (unpaired) electrons. The van der Waals surface area contributed by atoms with E-state index in [1.54, 1.807) is 4.90 Å². The van der Waals surface area contributed by atoms with Crippen LogP contribution < -0.4 is 5.73 Å². The van der Waals surface area contributed by atoms with Crippen LogP contribution in [0.25, 0.3) is 0 Å². The van der Waals surface area contributed by atoms with Gasteiger partial charge in [-0.15, -0.1) is 0 Å². The van der Waals surface area contributed by atoms with E-state index in [9.17, 15) is 4.79 Å². The molecule has 4 heteroatoms. The Labute approximate surface area is 127 Å². The van der Waals surface area contributed by atoms with Crippen molar-refractivity contribution in [2.45, 2.75) is 13.0 Å². The molecular formula is C16H17BrN2O. The number of hydrogen-bond donors (Lipinski definition) is 1. The van der Waals surface area contributed by atoms with Crippen LogP contribution in [0.15, 0.2) is 53.0 Å². The molecule has 0 aliphatic carbocycles. The molecular weight excluding hydrogens is 316 g/mol. The third-order valence-electron chi connectivity index (χ3n) is 3.09. The number of anilines is 1. The zero-order valence-electron chi connectivity index (χ0n) is 11.3. The molecule has 0 saturated heterocycles. The summed E-state index contributed by atoms with van der Waals surface area (Å²) in [5.74, 6) is 0.101. The van der Waals surface area contributed by atoms with Crippen molar-refractivity contribution in [1.29, 1.82) is 0 Å². The van der Waals surface area contributed by atoms with Gasteiger partial charge in [-0.05, 0) is 35.4 Å². The molecule has 0 unspecified atom stereocenters. The molecule has 2 aromatic carbocycles. The van der Waals surface area contributed by atoms with E-state index in [0.717, 1.165) is 21.3 Å². The van der Waals surface area contributed by atoms with Gasteiger partial charge in [0.25, 0.3) is 0 Å². The topological polar surface area (TPSA) is 46.3 Å². The second-order valence-corrected chi connectivity index (χ2v) is 5.71. The van der Waals surface area contributed by atoms with Gasteiger partial charge < -0.3 is 10.6 Å². The molecule has 2 rings (SSSR count). The van der Waals surface area contributed by atoms with Crippen LogP contribution in [0, 0.1) is 0 Å². The van der Waals surface area contributed by atoms with Gasteiger partial charge in [-0.1, -0.05) is 40.2 Å². The Bertz CT molecular complexity index is 578. The van der Waals surface area contributed by atoms with Crippen molar-refractivity contribution in [2.24, 2.45) is 0 Å². The van der Waals surface area contributed by atoms with Gasteiger partial charge in [-0.2, -0.15) is 0 Å². The SMILES string of the molecule is CN(Cc1ccc(N)cc1)C(=O)Cc1ccc(Br)cc1. The minimum absolute atomic E-state index is 0.101. The molecule has 0 atom stereocenters. The van der Waals surface area contributed by atoms with E-state index in [-0.39, 0.29) is 5.91 Å². The lowest BCUT2D eigenvalue weighted by Crippen LogP contribution is -2.27. The number of hydrogen-bond acceptors (Lipinski definition) is 2. The second-order valence-electron chi connectivity index (χ2n) is 4.79. The third kappa shape index (κ3) is 4.10. The Hall–Kier alpha value is -1.81. The Balaban J connectivity index is 1.94. The van der Waals surface area contributed by atoms with Crippen molar-refractivity contribution in [3.8, 4) is 0 Å². The first-order chi connectivity index (χ1) is 9.54. The van der Waals surface area contributed by atoms with E-state index < -0.39 is 0 Å². The molecule has 0 aliphatic rings. The second kappa shape index (κ2) is 6.57. The van der Waals surface area contributed by atoms with Crippen LogP contribution in [0.5, 0.6) is 0 Å². The molecule has 0 aromatic heterocycles. The quantitative estimate of drug-likeness (QED) is 0.873. The van der Waals surface area contributed by atoms with Gasteiger partial charge in [0.1, 0.15) is 0 Å². The van der Waals surface area contributed by atoms with Gasteiger partial charge in [0.15, 0.2) is 0 Å². The maximum atomic E-state index is 12.2. The Morgan fingerprint density at radius 3 is 2.20 bits per heavy atom. The molecule has 0 spiro atoms. The summed E-state index contributed by atoms with van der Waals surface area (Å²) in [4.78, 5) is 13.9. The van der Waals surface area contributed by atoms with Gasteiger partial charge in [0.05, 0.1) is 6.42 Å². The molecule has 104 valence electrons. The summed E-state index contributed by atoms with van der Waals surface area (Å²) in [6.07, 6.45) is 0.415. The smallest absolute Gasteiger partial charge is 0.227 e. The monoisotopic (exact) mass is 332 g/mol. The number of carbonyl (C=O) groups excluding carboxylic acids is 1. The number of rotatable bonds is 4. The Kier molecular flexibility index (Phi) is 4.79. The van der Waals surface area contributed by atoms with Gasteiger partial charge >= 0.3 is 0 Å².